The van der Waals surface area contributed by atoms with Crippen molar-refractivity contribution in [3.63, 3.8) is 0 Å². The number of imidazole rings is 1. The minimum Gasteiger partial charge on any atom is -0.477 e. The molecule has 0 fully saturated rings. The van der Waals surface area contributed by atoms with Gasteiger partial charge in [0.15, 0.2) is 0 Å². The third-order valence-corrected chi connectivity index (χ3v) is 3.05. The third kappa shape index (κ3) is 2.70. The van der Waals surface area contributed by atoms with Crippen LogP contribution in [0.5, 0.6) is 0 Å². The first-order valence-electron chi connectivity index (χ1n) is 6.42. The number of carboxylic acids is 1. The molecule has 96 valence electrons. The van der Waals surface area contributed by atoms with Gasteiger partial charge in [0.2, 0.25) is 0 Å². The third-order valence-electron chi connectivity index (χ3n) is 3.05. The van der Waals surface area contributed by atoms with Crippen LogP contribution in [0.15, 0.2) is 24.4 Å². The monoisotopic (exact) mass is 246 g/mol. The molecule has 18 heavy (non-hydrogen) atoms. The topological polar surface area (TPSA) is 54.6 Å². The zero-order valence-corrected chi connectivity index (χ0v) is 10.6. The van der Waals surface area contributed by atoms with Gasteiger partial charge in [-0.05, 0) is 25.0 Å². The highest BCUT2D eigenvalue weighted by atomic mass is 16.4. The first-order chi connectivity index (χ1) is 8.72. The molecule has 1 N–H and O–H groups in total. The second-order valence-corrected chi connectivity index (χ2v) is 4.49. The van der Waals surface area contributed by atoms with E-state index in [1.54, 1.807) is 16.5 Å². The lowest BCUT2D eigenvalue weighted by Gasteiger charge is -1.98. The van der Waals surface area contributed by atoms with E-state index in [1.165, 1.54) is 19.3 Å². The molecule has 0 aliphatic carbocycles. The lowest BCUT2D eigenvalue weighted by atomic mass is 10.1. The maximum absolute atomic E-state index is 11.1. The normalized spacial score (nSPS) is 10.9. The minimum absolute atomic E-state index is 0.264. The molecule has 2 aromatic rings. The fourth-order valence-electron chi connectivity index (χ4n) is 2.09. The van der Waals surface area contributed by atoms with Crippen LogP contribution < -0.4 is 0 Å². The van der Waals surface area contributed by atoms with Crippen LogP contribution in [0.25, 0.3) is 5.65 Å². The van der Waals surface area contributed by atoms with Crippen LogP contribution in [-0.4, -0.2) is 20.5 Å². The number of rotatable bonds is 6. The summed E-state index contributed by atoms with van der Waals surface area (Å²) in [6.07, 6.45) is 7.53. The SMILES string of the molecule is CCCCCCc1cn2c(C(=O)O)cccc2n1. The smallest absolute Gasteiger partial charge is 0.352 e. The molecular weight excluding hydrogens is 228 g/mol. The van der Waals surface area contributed by atoms with E-state index in [0.717, 1.165) is 18.5 Å². The molecule has 0 atom stereocenters. The van der Waals surface area contributed by atoms with E-state index >= 15 is 0 Å². The molecule has 2 aromatic heterocycles. The second kappa shape index (κ2) is 5.67. The van der Waals surface area contributed by atoms with Crippen LogP contribution in [0.3, 0.4) is 0 Å². The van der Waals surface area contributed by atoms with Crippen molar-refractivity contribution in [2.45, 2.75) is 39.0 Å². The van der Waals surface area contributed by atoms with Gasteiger partial charge in [0.05, 0.1) is 5.69 Å². The Hall–Kier alpha value is -1.84. The number of hydrogen-bond acceptors (Lipinski definition) is 2. The molecule has 2 rings (SSSR count). The zero-order valence-electron chi connectivity index (χ0n) is 10.6. The van der Waals surface area contributed by atoms with Crippen LogP contribution in [0.2, 0.25) is 0 Å². The quantitative estimate of drug-likeness (QED) is 0.796. The highest BCUT2D eigenvalue weighted by Gasteiger charge is 2.09. The number of carboxylic acid groups (broad SMARTS) is 1. The standard InChI is InChI=1S/C14H18N2O2/c1-2-3-4-5-7-11-10-16-12(14(17)18)8-6-9-13(16)15-11/h6,8-10H,2-5,7H2,1H3,(H,17,18). The summed E-state index contributed by atoms with van der Waals surface area (Å²) in [6.45, 7) is 2.18. The van der Waals surface area contributed by atoms with Crippen molar-refractivity contribution in [1.29, 1.82) is 0 Å². The van der Waals surface area contributed by atoms with Gasteiger partial charge >= 0.3 is 5.97 Å². The Kier molecular flexibility index (Phi) is 3.97. The molecule has 4 heteroatoms. The summed E-state index contributed by atoms with van der Waals surface area (Å²) in [6, 6.07) is 5.16. The fraction of sp³-hybridized carbons (Fsp3) is 0.429. The van der Waals surface area contributed by atoms with Crippen molar-refractivity contribution in [2.75, 3.05) is 0 Å². The second-order valence-electron chi connectivity index (χ2n) is 4.49. The number of carbonyl (C=O) groups is 1. The lowest BCUT2D eigenvalue weighted by molar-refractivity contribution is 0.0689. The molecule has 0 unspecified atom stereocenters. The first-order valence-corrected chi connectivity index (χ1v) is 6.42. The van der Waals surface area contributed by atoms with Crippen LogP contribution in [0, 0.1) is 0 Å². The van der Waals surface area contributed by atoms with Gasteiger partial charge in [0.25, 0.3) is 0 Å². The Morgan fingerprint density at radius 3 is 2.89 bits per heavy atom. The molecule has 0 aliphatic heterocycles. The van der Waals surface area contributed by atoms with Gasteiger partial charge in [-0.15, -0.1) is 0 Å². The number of aromatic nitrogens is 2. The summed E-state index contributed by atoms with van der Waals surface area (Å²) < 4.78 is 1.65. The number of aryl methyl sites for hydroxylation is 1. The molecule has 0 amide bonds. The largest absolute Gasteiger partial charge is 0.477 e. The van der Waals surface area contributed by atoms with Gasteiger partial charge in [-0.25, -0.2) is 9.78 Å². The predicted octanol–water partition coefficient (Wildman–Crippen LogP) is 3.16. The summed E-state index contributed by atoms with van der Waals surface area (Å²) in [5, 5.41) is 9.09. The highest BCUT2D eigenvalue weighted by molar-refractivity contribution is 5.86. The number of unbranched alkanes of at least 4 members (excludes halogenated alkanes) is 3. The molecule has 0 saturated carbocycles. The summed E-state index contributed by atoms with van der Waals surface area (Å²) >= 11 is 0. The van der Waals surface area contributed by atoms with Gasteiger partial charge in [0, 0.05) is 6.20 Å². The van der Waals surface area contributed by atoms with Crippen molar-refractivity contribution in [2.24, 2.45) is 0 Å². The van der Waals surface area contributed by atoms with Crippen LogP contribution in [-0.2, 0) is 6.42 Å². The molecule has 0 spiro atoms. The average molecular weight is 246 g/mol. The Labute approximate surface area is 106 Å². The van der Waals surface area contributed by atoms with E-state index in [1.807, 2.05) is 12.3 Å². The molecular formula is C14H18N2O2. The summed E-state index contributed by atoms with van der Waals surface area (Å²) in [7, 11) is 0. The van der Waals surface area contributed by atoms with Gasteiger partial charge in [0.1, 0.15) is 11.3 Å². The molecule has 0 radical (unpaired) electrons. The van der Waals surface area contributed by atoms with Crippen LogP contribution in [0.1, 0.15) is 48.8 Å². The zero-order chi connectivity index (χ0) is 13.0. The number of fused-ring (bicyclic) bond motifs is 1. The van der Waals surface area contributed by atoms with Crippen molar-refractivity contribution in [3.05, 3.63) is 35.8 Å². The molecule has 0 aliphatic rings. The van der Waals surface area contributed by atoms with E-state index in [4.69, 9.17) is 5.11 Å². The average Bonchev–Trinajstić information content (AvgIpc) is 2.76. The number of nitrogens with zero attached hydrogens (tertiary/aromatic N) is 2. The lowest BCUT2D eigenvalue weighted by Crippen LogP contribution is -2.03. The van der Waals surface area contributed by atoms with Gasteiger partial charge in [-0.1, -0.05) is 32.3 Å². The maximum atomic E-state index is 11.1. The highest BCUT2D eigenvalue weighted by Crippen LogP contribution is 2.12. The molecule has 0 saturated heterocycles. The molecule has 2 heterocycles. The number of aromatic carboxylic acids is 1. The van der Waals surface area contributed by atoms with E-state index < -0.39 is 5.97 Å². The van der Waals surface area contributed by atoms with E-state index in [9.17, 15) is 4.79 Å². The Balaban J connectivity index is 2.17. The van der Waals surface area contributed by atoms with E-state index in [2.05, 4.69) is 11.9 Å². The summed E-state index contributed by atoms with van der Waals surface area (Å²) in [5.74, 6) is -0.921. The predicted molar refractivity (Wildman–Crippen MR) is 70.0 cm³/mol. The molecule has 4 nitrogen and oxygen atoms in total. The van der Waals surface area contributed by atoms with Crippen molar-refractivity contribution < 1.29 is 9.90 Å². The Morgan fingerprint density at radius 2 is 2.17 bits per heavy atom. The first kappa shape index (κ1) is 12.6. The van der Waals surface area contributed by atoms with Crippen LogP contribution >= 0.6 is 0 Å². The van der Waals surface area contributed by atoms with Crippen molar-refractivity contribution >= 4 is 11.6 Å². The summed E-state index contributed by atoms with van der Waals surface area (Å²) in [5.41, 5.74) is 1.94. The minimum atomic E-state index is -0.921. The van der Waals surface area contributed by atoms with Gasteiger partial charge in [-0.2, -0.15) is 0 Å². The van der Waals surface area contributed by atoms with Gasteiger partial charge in [-0.3, -0.25) is 4.40 Å². The Bertz CT molecular complexity index is 546. The number of hydrogen-bond donors (Lipinski definition) is 1. The van der Waals surface area contributed by atoms with E-state index in [-0.39, 0.29) is 5.69 Å². The molecule has 0 bridgehead atoms. The summed E-state index contributed by atoms with van der Waals surface area (Å²) in [4.78, 5) is 15.5. The van der Waals surface area contributed by atoms with Crippen LogP contribution in [0.4, 0.5) is 0 Å². The number of pyridine rings is 1. The van der Waals surface area contributed by atoms with Crippen molar-refractivity contribution in [1.82, 2.24) is 9.38 Å². The maximum Gasteiger partial charge on any atom is 0.352 e. The van der Waals surface area contributed by atoms with Gasteiger partial charge < -0.3 is 5.11 Å². The Morgan fingerprint density at radius 1 is 1.33 bits per heavy atom. The fourth-order valence-corrected chi connectivity index (χ4v) is 2.09. The molecule has 0 aromatic carbocycles. The van der Waals surface area contributed by atoms with Crippen molar-refractivity contribution in [3.8, 4) is 0 Å². The van der Waals surface area contributed by atoms with E-state index in [0.29, 0.717) is 5.65 Å².